The van der Waals surface area contributed by atoms with Crippen LogP contribution in [0.3, 0.4) is 0 Å². The Bertz CT molecular complexity index is 132. The quantitative estimate of drug-likeness (QED) is 0.686. The van der Waals surface area contributed by atoms with Crippen LogP contribution in [0.15, 0.2) is 0 Å². The van der Waals surface area contributed by atoms with E-state index < -0.39 is 0 Å². The Morgan fingerprint density at radius 1 is 1.38 bits per heavy atom. The Kier molecular flexibility index (Phi) is 5.83. The van der Waals surface area contributed by atoms with Crippen molar-refractivity contribution in [1.82, 2.24) is 4.90 Å². The number of piperidine rings is 1. The first-order chi connectivity index (χ1) is 6.34. The zero-order valence-electron chi connectivity index (χ0n) is 8.54. The summed E-state index contributed by atoms with van der Waals surface area (Å²) in [7, 11) is 2.24. The lowest BCUT2D eigenvalue weighted by molar-refractivity contribution is 0.182. The van der Waals surface area contributed by atoms with Gasteiger partial charge in [0.2, 0.25) is 0 Å². The van der Waals surface area contributed by atoms with Crippen LogP contribution < -0.4 is 0 Å². The van der Waals surface area contributed by atoms with Crippen LogP contribution in [0.1, 0.15) is 25.7 Å². The van der Waals surface area contributed by atoms with Crippen LogP contribution in [0, 0.1) is 0 Å². The molecule has 1 saturated heterocycles. The van der Waals surface area contributed by atoms with Crippen LogP contribution in [-0.2, 0) is 0 Å². The molecule has 1 N–H and O–H groups in total. The predicted molar refractivity (Wildman–Crippen MR) is 59.3 cm³/mol. The molecule has 0 radical (unpaired) electrons. The minimum Gasteiger partial charge on any atom is -0.396 e. The van der Waals surface area contributed by atoms with Gasteiger partial charge in [-0.3, -0.25) is 0 Å². The highest BCUT2D eigenvalue weighted by Gasteiger charge is 2.17. The Balaban J connectivity index is 2.05. The molecule has 1 unspecified atom stereocenters. The number of rotatable bonds is 5. The van der Waals surface area contributed by atoms with Crippen LogP contribution in [0.5, 0.6) is 0 Å². The Labute approximate surface area is 85.7 Å². The molecule has 0 aromatic carbocycles. The molecule has 1 heterocycles. The summed E-state index contributed by atoms with van der Waals surface area (Å²) in [6.07, 6.45) is 5.44. The third kappa shape index (κ3) is 4.34. The molecule has 1 fully saturated rings. The van der Waals surface area contributed by atoms with E-state index >= 15 is 0 Å². The lowest BCUT2D eigenvalue weighted by Gasteiger charge is -2.32. The fourth-order valence-electron chi connectivity index (χ4n) is 1.89. The number of aliphatic hydroxyl groups excluding tert-OH is 1. The zero-order valence-corrected chi connectivity index (χ0v) is 9.35. The standard InChI is InChI=1S/C10H21NOS/c1-11-6-3-2-4-10(11)5-8-13-9-7-12/h10,12H,2-9H2,1H3. The van der Waals surface area contributed by atoms with E-state index in [0.29, 0.717) is 6.61 Å². The maximum atomic E-state index is 8.62. The van der Waals surface area contributed by atoms with Gasteiger partial charge in [-0.15, -0.1) is 0 Å². The van der Waals surface area contributed by atoms with Crippen molar-refractivity contribution >= 4 is 11.8 Å². The van der Waals surface area contributed by atoms with E-state index in [4.69, 9.17) is 5.11 Å². The highest BCUT2D eigenvalue weighted by molar-refractivity contribution is 7.99. The van der Waals surface area contributed by atoms with E-state index in [-0.39, 0.29) is 0 Å². The summed E-state index contributed by atoms with van der Waals surface area (Å²) in [6, 6.07) is 0.806. The molecule has 0 spiro atoms. The third-order valence-electron chi connectivity index (χ3n) is 2.75. The van der Waals surface area contributed by atoms with Crippen LogP contribution in [0.4, 0.5) is 0 Å². The molecule has 1 aliphatic heterocycles. The first-order valence-corrected chi connectivity index (χ1v) is 6.39. The second kappa shape index (κ2) is 6.68. The summed E-state index contributed by atoms with van der Waals surface area (Å²) in [5.41, 5.74) is 0. The SMILES string of the molecule is CN1CCCCC1CCSCCO. The molecule has 0 aromatic rings. The van der Waals surface area contributed by atoms with Gasteiger partial charge in [0.25, 0.3) is 0 Å². The van der Waals surface area contributed by atoms with Crippen LogP contribution >= 0.6 is 11.8 Å². The van der Waals surface area contributed by atoms with Crippen molar-refractivity contribution in [3.8, 4) is 0 Å². The Morgan fingerprint density at radius 2 is 2.23 bits per heavy atom. The van der Waals surface area contributed by atoms with Crippen LogP contribution in [-0.4, -0.2) is 47.8 Å². The van der Waals surface area contributed by atoms with Gasteiger partial charge in [-0.05, 0) is 38.6 Å². The second-order valence-electron chi connectivity index (χ2n) is 3.75. The normalized spacial score (nSPS) is 24.9. The van der Waals surface area contributed by atoms with E-state index in [2.05, 4.69) is 11.9 Å². The van der Waals surface area contributed by atoms with Gasteiger partial charge in [0, 0.05) is 11.8 Å². The van der Waals surface area contributed by atoms with Crippen molar-refractivity contribution in [2.24, 2.45) is 0 Å². The fraction of sp³-hybridized carbons (Fsp3) is 1.00. The summed E-state index contributed by atoms with van der Waals surface area (Å²) in [5.74, 6) is 2.10. The fourth-order valence-corrected chi connectivity index (χ4v) is 2.67. The first kappa shape index (κ1) is 11.3. The van der Waals surface area contributed by atoms with Crippen molar-refractivity contribution in [2.45, 2.75) is 31.7 Å². The number of nitrogens with zero attached hydrogens (tertiary/aromatic N) is 1. The first-order valence-electron chi connectivity index (χ1n) is 5.23. The van der Waals surface area contributed by atoms with Gasteiger partial charge in [0.15, 0.2) is 0 Å². The summed E-state index contributed by atoms with van der Waals surface area (Å²) in [4.78, 5) is 2.49. The molecule has 0 saturated carbocycles. The number of hydrogen-bond acceptors (Lipinski definition) is 3. The number of aliphatic hydroxyl groups is 1. The van der Waals surface area contributed by atoms with Crippen molar-refractivity contribution in [2.75, 3.05) is 31.7 Å². The molecule has 0 aromatic heterocycles. The van der Waals surface area contributed by atoms with Crippen LogP contribution in [0.2, 0.25) is 0 Å². The molecule has 78 valence electrons. The Morgan fingerprint density at radius 3 is 2.92 bits per heavy atom. The highest BCUT2D eigenvalue weighted by atomic mass is 32.2. The van der Waals surface area contributed by atoms with Gasteiger partial charge in [0.1, 0.15) is 0 Å². The highest BCUT2D eigenvalue weighted by Crippen LogP contribution is 2.19. The van der Waals surface area contributed by atoms with Crippen molar-refractivity contribution < 1.29 is 5.11 Å². The summed E-state index contributed by atoms with van der Waals surface area (Å²) >= 11 is 1.87. The summed E-state index contributed by atoms with van der Waals surface area (Å²) in [5, 5.41) is 8.62. The maximum Gasteiger partial charge on any atom is 0.0521 e. The molecule has 1 rings (SSSR count). The molecule has 0 bridgehead atoms. The lowest BCUT2D eigenvalue weighted by Crippen LogP contribution is -2.36. The van der Waals surface area contributed by atoms with Crippen molar-refractivity contribution in [3.63, 3.8) is 0 Å². The van der Waals surface area contributed by atoms with Gasteiger partial charge < -0.3 is 10.0 Å². The zero-order chi connectivity index (χ0) is 9.52. The molecule has 2 nitrogen and oxygen atoms in total. The average molecular weight is 203 g/mol. The largest absolute Gasteiger partial charge is 0.396 e. The van der Waals surface area contributed by atoms with Gasteiger partial charge in [-0.25, -0.2) is 0 Å². The van der Waals surface area contributed by atoms with Crippen LogP contribution in [0.25, 0.3) is 0 Å². The minimum absolute atomic E-state index is 0.325. The molecule has 1 atom stereocenters. The van der Waals surface area contributed by atoms with E-state index in [9.17, 15) is 0 Å². The van der Waals surface area contributed by atoms with Gasteiger partial charge in [0.05, 0.1) is 6.61 Å². The molecule has 0 amide bonds. The Hall–Kier alpha value is 0.270. The third-order valence-corrected chi connectivity index (χ3v) is 3.75. The lowest BCUT2D eigenvalue weighted by atomic mass is 10.0. The predicted octanol–water partition coefficient (Wildman–Crippen LogP) is 1.59. The number of likely N-dealkylation sites (tertiary alicyclic amines) is 1. The van der Waals surface area contributed by atoms with E-state index in [1.54, 1.807) is 0 Å². The van der Waals surface area contributed by atoms with Gasteiger partial charge >= 0.3 is 0 Å². The molecule has 3 heteroatoms. The number of hydrogen-bond donors (Lipinski definition) is 1. The summed E-state index contributed by atoms with van der Waals surface area (Å²) < 4.78 is 0. The molecule has 13 heavy (non-hydrogen) atoms. The molecule has 0 aliphatic carbocycles. The summed E-state index contributed by atoms with van der Waals surface area (Å²) in [6.45, 7) is 1.60. The van der Waals surface area contributed by atoms with E-state index in [0.717, 1.165) is 11.8 Å². The second-order valence-corrected chi connectivity index (χ2v) is 4.98. The topological polar surface area (TPSA) is 23.5 Å². The number of thioether (sulfide) groups is 1. The molecular formula is C10H21NOS. The molecular weight excluding hydrogens is 182 g/mol. The average Bonchev–Trinajstić information content (AvgIpc) is 2.15. The maximum absolute atomic E-state index is 8.62. The van der Waals surface area contributed by atoms with Gasteiger partial charge in [-0.1, -0.05) is 6.42 Å². The monoisotopic (exact) mass is 203 g/mol. The van der Waals surface area contributed by atoms with E-state index in [1.807, 2.05) is 11.8 Å². The van der Waals surface area contributed by atoms with Gasteiger partial charge in [-0.2, -0.15) is 11.8 Å². The van der Waals surface area contributed by atoms with Crippen molar-refractivity contribution in [3.05, 3.63) is 0 Å². The smallest absolute Gasteiger partial charge is 0.0521 e. The van der Waals surface area contributed by atoms with E-state index in [1.165, 1.54) is 38.0 Å². The van der Waals surface area contributed by atoms with Crippen molar-refractivity contribution in [1.29, 1.82) is 0 Å². The molecule has 1 aliphatic rings. The minimum atomic E-state index is 0.325.